The van der Waals surface area contributed by atoms with Crippen LogP contribution in [0, 0.1) is 13.8 Å². The quantitative estimate of drug-likeness (QED) is 0.858. The number of nitrogens with one attached hydrogen (secondary N) is 2. The van der Waals surface area contributed by atoms with Crippen molar-refractivity contribution in [2.45, 2.75) is 13.8 Å². The Bertz CT molecular complexity index is 699. The second-order valence-electron chi connectivity index (χ2n) is 5.29. The van der Waals surface area contributed by atoms with Crippen LogP contribution in [0.3, 0.4) is 0 Å². The molecular formula is C18H22N2O3. The van der Waals surface area contributed by atoms with E-state index in [0.717, 1.165) is 11.3 Å². The molecule has 0 atom stereocenters. The zero-order chi connectivity index (χ0) is 16.8. The summed E-state index contributed by atoms with van der Waals surface area (Å²) >= 11 is 0. The Morgan fingerprint density at radius 3 is 2.39 bits per heavy atom. The lowest BCUT2D eigenvalue weighted by Gasteiger charge is -2.12. The summed E-state index contributed by atoms with van der Waals surface area (Å²) in [5.41, 5.74) is 3.93. The van der Waals surface area contributed by atoms with Crippen molar-refractivity contribution in [1.82, 2.24) is 0 Å². The Morgan fingerprint density at radius 1 is 1.00 bits per heavy atom. The molecule has 1 amide bonds. The number of methoxy groups -OCH3 is 2. The maximum absolute atomic E-state index is 12.1. The molecule has 0 aliphatic heterocycles. The molecule has 5 nitrogen and oxygen atoms in total. The van der Waals surface area contributed by atoms with Crippen molar-refractivity contribution in [3.63, 3.8) is 0 Å². The smallest absolute Gasteiger partial charge is 0.243 e. The van der Waals surface area contributed by atoms with E-state index in [1.165, 1.54) is 5.56 Å². The topological polar surface area (TPSA) is 59.6 Å². The fourth-order valence-electron chi connectivity index (χ4n) is 2.31. The van der Waals surface area contributed by atoms with Gasteiger partial charge >= 0.3 is 0 Å². The van der Waals surface area contributed by atoms with Crippen LogP contribution in [0.25, 0.3) is 0 Å². The lowest BCUT2D eigenvalue weighted by atomic mass is 10.1. The Hall–Kier alpha value is -2.69. The van der Waals surface area contributed by atoms with Gasteiger partial charge < -0.3 is 20.1 Å². The van der Waals surface area contributed by atoms with Crippen molar-refractivity contribution in [3.05, 3.63) is 47.5 Å². The first-order valence-electron chi connectivity index (χ1n) is 7.36. The summed E-state index contributed by atoms with van der Waals surface area (Å²) < 4.78 is 10.4. The van der Waals surface area contributed by atoms with E-state index in [2.05, 4.69) is 16.7 Å². The van der Waals surface area contributed by atoms with Crippen molar-refractivity contribution < 1.29 is 14.3 Å². The molecule has 0 spiro atoms. The second-order valence-corrected chi connectivity index (χ2v) is 5.29. The number of rotatable bonds is 6. The van der Waals surface area contributed by atoms with Crippen LogP contribution < -0.4 is 20.1 Å². The van der Waals surface area contributed by atoms with Crippen molar-refractivity contribution in [2.75, 3.05) is 31.4 Å². The van der Waals surface area contributed by atoms with E-state index in [-0.39, 0.29) is 12.5 Å². The number of benzene rings is 2. The third kappa shape index (κ3) is 4.39. The highest BCUT2D eigenvalue weighted by Crippen LogP contribution is 2.29. The molecule has 0 fully saturated rings. The van der Waals surface area contributed by atoms with Crippen LogP contribution in [0.5, 0.6) is 11.5 Å². The fraction of sp³-hybridized carbons (Fsp3) is 0.278. The highest BCUT2D eigenvalue weighted by Gasteiger charge is 2.08. The molecule has 0 aliphatic rings. The minimum absolute atomic E-state index is 0.128. The van der Waals surface area contributed by atoms with Gasteiger partial charge in [0.05, 0.1) is 20.8 Å². The molecule has 0 unspecified atom stereocenters. The molecule has 0 heterocycles. The van der Waals surface area contributed by atoms with Gasteiger partial charge in [-0.25, -0.2) is 0 Å². The average molecular weight is 314 g/mol. The molecule has 5 heteroatoms. The lowest BCUT2D eigenvalue weighted by Crippen LogP contribution is -2.22. The summed E-state index contributed by atoms with van der Waals surface area (Å²) in [6, 6.07) is 11.3. The van der Waals surface area contributed by atoms with Gasteiger partial charge in [0.15, 0.2) is 11.5 Å². The summed E-state index contributed by atoms with van der Waals surface area (Å²) in [7, 11) is 3.13. The summed E-state index contributed by atoms with van der Waals surface area (Å²) in [5.74, 6) is 1.07. The highest BCUT2D eigenvalue weighted by atomic mass is 16.5. The van der Waals surface area contributed by atoms with Crippen molar-refractivity contribution in [3.8, 4) is 11.5 Å². The van der Waals surface area contributed by atoms with Crippen LogP contribution in [0.2, 0.25) is 0 Å². The maximum Gasteiger partial charge on any atom is 0.243 e. The minimum Gasteiger partial charge on any atom is -0.493 e. The number of hydrogen-bond donors (Lipinski definition) is 2. The van der Waals surface area contributed by atoms with E-state index in [1.54, 1.807) is 32.4 Å². The molecule has 0 aromatic heterocycles. The summed E-state index contributed by atoms with van der Waals surface area (Å²) in [4.78, 5) is 12.1. The standard InChI is InChI=1S/C18H22N2O3/c1-12-5-7-15(13(2)9-12)19-11-18(21)20-14-6-8-16(22-3)17(10-14)23-4/h5-10,19H,11H2,1-4H3,(H,20,21). The average Bonchev–Trinajstić information content (AvgIpc) is 2.54. The van der Waals surface area contributed by atoms with Gasteiger partial charge in [-0.3, -0.25) is 4.79 Å². The van der Waals surface area contributed by atoms with Gasteiger partial charge in [-0.15, -0.1) is 0 Å². The molecule has 2 aromatic carbocycles. The van der Waals surface area contributed by atoms with Crippen LogP contribution in [-0.4, -0.2) is 26.7 Å². The number of hydrogen-bond acceptors (Lipinski definition) is 4. The molecule has 0 bridgehead atoms. The molecule has 0 radical (unpaired) electrons. The first-order valence-corrected chi connectivity index (χ1v) is 7.36. The largest absolute Gasteiger partial charge is 0.493 e. The number of anilines is 2. The second kappa shape index (κ2) is 7.54. The van der Waals surface area contributed by atoms with E-state index >= 15 is 0 Å². The third-order valence-electron chi connectivity index (χ3n) is 3.49. The zero-order valence-electron chi connectivity index (χ0n) is 13.9. The van der Waals surface area contributed by atoms with Crippen molar-refractivity contribution in [2.24, 2.45) is 0 Å². The molecule has 2 aromatic rings. The van der Waals surface area contributed by atoms with Gasteiger partial charge in [-0.2, -0.15) is 0 Å². The molecule has 0 aliphatic carbocycles. The number of aryl methyl sites for hydroxylation is 2. The molecule has 0 saturated carbocycles. The van der Waals surface area contributed by atoms with Crippen LogP contribution in [0.15, 0.2) is 36.4 Å². The van der Waals surface area contributed by atoms with E-state index in [0.29, 0.717) is 17.2 Å². The first kappa shape index (κ1) is 16.7. The minimum atomic E-state index is -0.128. The monoisotopic (exact) mass is 314 g/mol. The Balaban J connectivity index is 1.97. The Kier molecular flexibility index (Phi) is 5.46. The SMILES string of the molecule is COc1ccc(NC(=O)CNc2ccc(C)cc2C)cc1OC. The lowest BCUT2D eigenvalue weighted by molar-refractivity contribution is -0.114. The Labute approximate surface area is 136 Å². The molecule has 2 N–H and O–H groups in total. The van der Waals surface area contributed by atoms with Crippen LogP contribution in [0.1, 0.15) is 11.1 Å². The summed E-state index contributed by atoms with van der Waals surface area (Å²) in [5, 5.41) is 5.98. The van der Waals surface area contributed by atoms with Crippen LogP contribution >= 0.6 is 0 Å². The first-order chi connectivity index (χ1) is 11.0. The van der Waals surface area contributed by atoms with Gasteiger partial charge in [-0.1, -0.05) is 17.7 Å². The summed E-state index contributed by atoms with van der Waals surface area (Å²) in [6.07, 6.45) is 0. The number of amides is 1. The predicted octanol–water partition coefficient (Wildman–Crippen LogP) is 3.37. The molecule has 122 valence electrons. The normalized spacial score (nSPS) is 10.1. The van der Waals surface area contributed by atoms with Crippen molar-refractivity contribution in [1.29, 1.82) is 0 Å². The fourth-order valence-corrected chi connectivity index (χ4v) is 2.31. The number of ether oxygens (including phenoxy) is 2. The number of carbonyl (C=O) groups excluding carboxylic acids is 1. The third-order valence-corrected chi connectivity index (χ3v) is 3.49. The molecule has 23 heavy (non-hydrogen) atoms. The Morgan fingerprint density at radius 2 is 1.74 bits per heavy atom. The predicted molar refractivity (Wildman–Crippen MR) is 92.6 cm³/mol. The maximum atomic E-state index is 12.1. The van der Waals surface area contributed by atoms with E-state index in [4.69, 9.17) is 9.47 Å². The van der Waals surface area contributed by atoms with Gasteiger partial charge in [0.1, 0.15) is 0 Å². The van der Waals surface area contributed by atoms with Crippen molar-refractivity contribution >= 4 is 17.3 Å². The van der Waals surface area contributed by atoms with Gasteiger partial charge in [0, 0.05) is 17.4 Å². The van der Waals surface area contributed by atoms with Crippen LogP contribution in [0.4, 0.5) is 11.4 Å². The molecule has 0 saturated heterocycles. The van der Waals surface area contributed by atoms with Gasteiger partial charge in [-0.05, 0) is 37.6 Å². The molecular weight excluding hydrogens is 292 g/mol. The highest BCUT2D eigenvalue weighted by molar-refractivity contribution is 5.94. The van der Waals surface area contributed by atoms with Gasteiger partial charge in [0.2, 0.25) is 5.91 Å². The number of carbonyl (C=O) groups is 1. The van der Waals surface area contributed by atoms with Crippen LogP contribution in [-0.2, 0) is 4.79 Å². The zero-order valence-corrected chi connectivity index (χ0v) is 13.9. The summed E-state index contributed by atoms with van der Waals surface area (Å²) in [6.45, 7) is 4.25. The van der Waals surface area contributed by atoms with E-state index in [1.807, 2.05) is 26.0 Å². The molecule has 2 rings (SSSR count). The van der Waals surface area contributed by atoms with Gasteiger partial charge in [0.25, 0.3) is 0 Å². The van der Waals surface area contributed by atoms with E-state index < -0.39 is 0 Å². The van der Waals surface area contributed by atoms with E-state index in [9.17, 15) is 4.79 Å².